The van der Waals surface area contributed by atoms with Gasteiger partial charge in [-0.1, -0.05) is 12.8 Å². The number of Topliss-reactive ketones (excluding diaryl/α,β-unsaturated/α-hetero) is 1. The molecule has 1 aliphatic heterocycles. The van der Waals surface area contributed by atoms with Gasteiger partial charge in [-0.3, -0.25) is 19.0 Å². The zero-order valence-electron chi connectivity index (χ0n) is 19.5. The largest absolute Gasteiger partial charge is 0.339 e. The molecule has 5 rings (SSSR count). The minimum Gasteiger partial charge on any atom is -0.339 e. The molecular weight excluding hydrogens is 432 g/mol. The number of hydrogen-bond acceptors (Lipinski definition) is 7. The minimum atomic E-state index is -0.281. The summed E-state index contributed by atoms with van der Waals surface area (Å²) in [6.45, 7) is 4.77. The van der Waals surface area contributed by atoms with Gasteiger partial charge in [0.15, 0.2) is 5.78 Å². The molecule has 0 bridgehead atoms. The van der Waals surface area contributed by atoms with Crippen molar-refractivity contribution in [2.75, 3.05) is 18.4 Å². The predicted molar refractivity (Wildman–Crippen MR) is 129 cm³/mol. The number of nitrogens with one attached hydrogen (secondary N) is 1. The van der Waals surface area contributed by atoms with Gasteiger partial charge in [-0.05, 0) is 57.2 Å². The summed E-state index contributed by atoms with van der Waals surface area (Å²) in [6.07, 6.45) is 9.15. The van der Waals surface area contributed by atoms with Gasteiger partial charge in [0, 0.05) is 36.9 Å². The molecule has 1 saturated carbocycles. The highest BCUT2D eigenvalue weighted by atomic mass is 16.2. The Kier molecular flexibility index (Phi) is 5.85. The molecule has 0 spiro atoms. The van der Waals surface area contributed by atoms with Gasteiger partial charge in [0.05, 0.1) is 11.1 Å². The second-order valence-electron chi connectivity index (χ2n) is 9.16. The van der Waals surface area contributed by atoms with Crippen molar-refractivity contribution in [3.05, 3.63) is 51.6 Å². The van der Waals surface area contributed by atoms with Gasteiger partial charge < -0.3 is 10.2 Å². The fourth-order valence-electron chi connectivity index (χ4n) is 5.12. The lowest BCUT2D eigenvalue weighted by Gasteiger charge is -2.19. The number of pyridine rings is 2. The van der Waals surface area contributed by atoms with Gasteiger partial charge >= 0.3 is 0 Å². The molecule has 2 aliphatic rings. The number of hydrogen-bond donors (Lipinski definition) is 1. The second kappa shape index (κ2) is 8.96. The fraction of sp³-hybridized carbons (Fsp3) is 0.440. The molecule has 1 aliphatic carbocycles. The Morgan fingerprint density at radius 2 is 1.76 bits per heavy atom. The summed E-state index contributed by atoms with van der Waals surface area (Å²) in [6, 6.07) is 3.49. The van der Waals surface area contributed by atoms with E-state index in [-0.39, 0.29) is 28.9 Å². The fourth-order valence-corrected chi connectivity index (χ4v) is 5.12. The normalized spacial score (nSPS) is 16.4. The van der Waals surface area contributed by atoms with Crippen LogP contribution < -0.4 is 10.9 Å². The minimum absolute atomic E-state index is 0.00386. The van der Waals surface area contributed by atoms with E-state index < -0.39 is 0 Å². The van der Waals surface area contributed by atoms with Gasteiger partial charge in [-0.15, -0.1) is 0 Å². The van der Waals surface area contributed by atoms with Crippen LogP contribution in [0, 0.1) is 6.92 Å². The van der Waals surface area contributed by atoms with E-state index in [0.717, 1.165) is 51.6 Å². The molecule has 176 valence electrons. The van der Waals surface area contributed by atoms with Crippen LogP contribution in [-0.2, 0) is 0 Å². The van der Waals surface area contributed by atoms with Gasteiger partial charge in [-0.25, -0.2) is 9.97 Å². The molecule has 4 heterocycles. The first-order valence-electron chi connectivity index (χ1n) is 11.9. The summed E-state index contributed by atoms with van der Waals surface area (Å²) in [7, 11) is 0. The SMILES string of the molecule is CC(=O)c1c(C)c2cnc(Nc3ccc(C(=O)N4CCCC4)cn3)nc2n(C2CCCC2)c1=O. The zero-order chi connectivity index (χ0) is 23.8. The summed E-state index contributed by atoms with van der Waals surface area (Å²) in [4.78, 5) is 53.4. The van der Waals surface area contributed by atoms with Gasteiger partial charge in [-0.2, -0.15) is 4.98 Å². The van der Waals surface area contributed by atoms with Crippen LogP contribution in [0.2, 0.25) is 0 Å². The summed E-state index contributed by atoms with van der Waals surface area (Å²) in [5.74, 6) is 0.561. The van der Waals surface area contributed by atoms with Crippen molar-refractivity contribution in [1.82, 2.24) is 24.4 Å². The van der Waals surface area contributed by atoms with Crippen LogP contribution in [0.3, 0.4) is 0 Å². The predicted octanol–water partition coefficient (Wildman–Crippen LogP) is 3.79. The second-order valence-corrected chi connectivity index (χ2v) is 9.16. The third kappa shape index (κ3) is 3.95. The van der Waals surface area contributed by atoms with E-state index in [1.807, 2.05) is 4.90 Å². The Morgan fingerprint density at radius 3 is 2.41 bits per heavy atom. The number of rotatable bonds is 5. The molecule has 1 amide bonds. The van der Waals surface area contributed by atoms with Gasteiger partial charge in [0.1, 0.15) is 11.5 Å². The molecule has 9 heteroatoms. The van der Waals surface area contributed by atoms with E-state index in [1.54, 1.807) is 36.0 Å². The average Bonchev–Trinajstić information content (AvgIpc) is 3.54. The lowest BCUT2D eigenvalue weighted by Crippen LogP contribution is -2.30. The zero-order valence-corrected chi connectivity index (χ0v) is 19.5. The quantitative estimate of drug-likeness (QED) is 0.577. The van der Waals surface area contributed by atoms with E-state index >= 15 is 0 Å². The van der Waals surface area contributed by atoms with Crippen LogP contribution in [0.5, 0.6) is 0 Å². The van der Waals surface area contributed by atoms with Crippen LogP contribution in [0.4, 0.5) is 11.8 Å². The molecule has 1 saturated heterocycles. The Morgan fingerprint density at radius 1 is 1.03 bits per heavy atom. The van der Waals surface area contributed by atoms with Crippen LogP contribution in [0.25, 0.3) is 11.0 Å². The van der Waals surface area contributed by atoms with E-state index in [1.165, 1.54) is 6.92 Å². The summed E-state index contributed by atoms with van der Waals surface area (Å²) < 4.78 is 1.68. The average molecular weight is 461 g/mol. The summed E-state index contributed by atoms with van der Waals surface area (Å²) in [5, 5.41) is 3.78. The van der Waals surface area contributed by atoms with Crippen molar-refractivity contribution in [2.24, 2.45) is 0 Å². The van der Waals surface area contributed by atoms with E-state index in [0.29, 0.717) is 33.9 Å². The lowest BCUT2D eigenvalue weighted by atomic mass is 10.0. The molecule has 9 nitrogen and oxygen atoms in total. The molecule has 3 aromatic rings. The van der Waals surface area contributed by atoms with Gasteiger partial charge in [0.25, 0.3) is 11.5 Å². The first-order valence-corrected chi connectivity index (χ1v) is 11.9. The van der Waals surface area contributed by atoms with Crippen molar-refractivity contribution in [1.29, 1.82) is 0 Å². The van der Waals surface area contributed by atoms with Crippen molar-refractivity contribution >= 4 is 34.5 Å². The van der Waals surface area contributed by atoms with Crippen molar-refractivity contribution in [2.45, 2.75) is 58.4 Å². The van der Waals surface area contributed by atoms with Crippen LogP contribution >= 0.6 is 0 Å². The first-order chi connectivity index (χ1) is 16.4. The molecular formula is C25H28N6O3. The number of aryl methyl sites for hydroxylation is 1. The maximum absolute atomic E-state index is 13.3. The number of aromatic nitrogens is 4. The Hall–Kier alpha value is -3.62. The van der Waals surface area contributed by atoms with Crippen LogP contribution in [-0.4, -0.2) is 49.2 Å². The summed E-state index contributed by atoms with van der Waals surface area (Å²) >= 11 is 0. The number of amides is 1. The highest BCUT2D eigenvalue weighted by molar-refractivity contribution is 5.99. The Labute approximate surface area is 197 Å². The van der Waals surface area contributed by atoms with E-state index in [9.17, 15) is 14.4 Å². The molecule has 0 aromatic carbocycles. The molecule has 34 heavy (non-hydrogen) atoms. The smallest absolute Gasteiger partial charge is 0.263 e. The maximum Gasteiger partial charge on any atom is 0.263 e. The van der Waals surface area contributed by atoms with Crippen molar-refractivity contribution in [3.8, 4) is 0 Å². The Bertz CT molecular complexity index is 1320. The number of carbonyl (C=O) groups excluding carboxylic acids is 2. The van der Waals surface area contributed by atoms with Crippen molar-refractivity contribution in [3.63, 3.8) is 0 Å². The number of ketones is 1. The molecule has 0 unspecified atom stereocenters. The Balaban J connectivity index is 1.49. The number of anilines is 2. The monoisotopic (exact) mass is 460 g/mol. The number of fused-ring (bicyclic) bond motifs is 1. The lowest BCUT2D eigenvalue weighted by molar-refractivity contribution is 0.0792. The van der Waals surface area contributed by atoms with Gasteiger partial charge in [0.2, 0.25) is 5.95 Å². The number of carbonyl (C=O) groups is 2. The standard InChI is InChI=1S/C25H28N6O3/c1-15-19-14-27-25(28-20-10-9-17(13-26-20)23(33)30-11-5-6-12-30)29-22(19)31(18-7-3-4-8-18)24(34)21(15)16(2)32/h9-10,13-14,18H,3-8,11-12H2,1-2H3,(H,26,27,28,29). The topological polar surface area (TPSA) is 110 Å². The number of likely N-dealkylation sites (tertiary alicyclic amines) is 1. The third-order valence-corrected chi connectivity index (χ3v) is 6.89. The first kappa shape index (κ1) is 22.2. The van der Waals surface area contributed by atoms with E-state index in [4.69, 9.17) is 0 Å². The highest BCUT2D eigenvalue weighted by Crippen LogP contribution is 2.32. The molecule has 2 fully saturated rings. The maximum atomic E-state index is 13.3. The van der Waals surface area contributed by atoms with E-state index in [2.05, 4.69) is 20.3 Å². The molecule has 1 N–H and O–H groups in total. The molecule has 0 radical (unpaired) electrons. The molecule has 0 atom stereocenters. The highest BCUT2D eigenvalue weighted by Gasteiger charge is 2.26. The van der Waals surface area contributed by atoms with Crippen molar-refractivity contribution < 1.29 is 9.59 Å². The number of nitrogens with zero attached hydrogens (tertiary/aromatic N) is 5. The van der Waals surface area contributed by atoms with Crippen LogP contribution in [0.1, 0.15) is 77.8 Å². The molecule has 3 aromatic heterocycles. The third-order valence-electron chi connectivity index (χ3n) is 6.89. The summed E-state index contributed by atoms with van der Waals surface area (Å²) in [5.41, 5.74) is 1.61. The van der Waals surface area contributed by atoms with Crippen LogP contribution in [0.15, 0.2) is 29.3 Å².